The molecule has 0 radical (unpaired) electrons. The first kappa shape index (κ1) is 13.4. The van der Waals surface area contributed by atoms with Gasteiger partial charge in [-0.15, -0.1) is 0 Å². The van der Waals surface area contributed by atoms with Crippen molar-refractivity contribution in [1.29, 1.82) is 0 Å². The van der Waals surface area contributed by atoms with E-state index in [0.29, 0.717) is 16.3 Å². The summed E-state index contributed by atoms with van der Waals surface area (Å²) in [5.41, 5.74) is 8.54. The molecule has 2 aromatic carbocycles. The highest BCUT2D eigenvalue weighted by Gasteiger charge is 2.10. The van der Waals surface area contributed by atoms with E-state index >= 15 is 0 Å². The minimum atomic E-state index is -0.238. The molecule has 3 nitrogen and oxygen atoms in total. The fourth-order valence-corrected chi connectivity index (χ4v) is 1.94. The smallest absolute Gasteiger partial charge is 0.257 e. The lowest BCUT2D eigenvalue weighted by molar-refractivity contribution is 0.102. The van der Waals surface area contributed by atoms with Crippen LogP contribution in [0, 0.1) is 0 Å². The highest BCUT2D eigenvalue weighted by Crippen LogP contribution is 2.19. The van der Waals surface area contributed by atoms with E-state index in [9.17, 15) is 4.79 Å². The predicted octanol–water partition coefficient (Wildman–Crippen LogP) is 3.74. The Morgan fingerprint density at radius 2 is 1.89 bits per heavy atom. The van der Waals surface area contributed by atoms with Gasteiger partial charge in [-0.3, -0.25) is 4.79 Å². The van der Waals surface area contributed by atoms with E-state index in [1.807, 2.05) is 24.3 Å². The first-order valence-electron chi connectivity index (χ1n) is 6.05. The van der Waals surface area contributed by atoms with Crippen LogP contribution >= 0.6 is 11.6 Å². The number of rotatable bonds is 3. The van der Waals surface area contributed by atoms with Crippen molar-refractivity contribution in [2.75, 3.05) is 11.1 Å². The topological polar surface area (TPSA) is 55.1 Å². The Morgan fingerprint density at radius 3 is 2.47 bits per heavy atom. The van der Waals surface area contributed by atoms with Crippen LogP contribution in [0.15, 0.2) is 42.5 Å². The molecule has 4 heteroatoms. The first-order valence-corrected chi connectivity index (χ1v) is 6.43. The molecule has 0 saturated heterocycles. The summed E-state index contributed by atoms with van der Waals surface area (Å²) in [6.45, 7) is 2.09. The zero-order chi connectivity index (χ0) is 13.8. The molecule has 0 atom stereocenters. The Bertz CT molecular complexity index is 594. The number of halogens is 1. The van der Waals surface area contributed by atoms with Gasteiger partial charge in [-0.05, 0) is 42.3 Å². The van der Waals surface area contributed by atoms with Crippen LogP contribution in [0.1, 0.15) is 22.8 Å². The van der Waals surface area contributed by atoms with E-state index in [4.69, 9.17) is 17.3 Å². The highest BCUT2D eigenvalue weighted by atomic mass is 35.5. The molecule has 0 heterocycles. The number of carbonyl (C=O) groups excluding carboxylic acids is 1. The molecule has 0 spiro atoms. The van der Waals surface area contributed by atoms with Crippen LogP contribution in [-0.4, -0.2) is 5.91 Å². The molecule has 0 bridgehead atoms. The fourth-order valence-electron chi connectivity index (χ4n) is 1.76. The number of nitrogen functional groups attached to an aromatic ring is 1. The minimum absolute atomic E-state index is 0.238. The van der Waals surface area contributed by atoms with Gasteiger partial charge < -0.3 is 11.1 Å². The van der Waals surface area contributed by atoms with Crippen molar-refractivity contribution in [1.82, 2.24) is 0 Å². The molecule has 19 heavy (non-hydrogen) atoms. The summed E-state index contributed by atoms with van der Waals surface area (Å²) >= 11 is 5.80. The van der Waals surface area contributed by atoms with Gasteiger partial charge in [0.1, 0.15) is 0 Å². The van der Waals surface area contributed by atoms with Gasteiger partial charge in [0.25, 0.3) is 5.91 Å². The third-order valence-corrected chi connectivity index (χ3v) is 3.11. The van der Waals surface area contributed by atoms with Gasteiger partial charge in [0.15, 0.2) is 0 Å². The number of aryl methyl sites for hydroxylation is 1. The molecule has 3 N–H and O–H groups in total. The summed E-state index contributed by atoms with van der Waals surface area (Å²) in [4.78, 5) is 12.1. The molecule has 0 aliphatic rings. The second-order valence-electron chi connectivity index (χ2n) is 4.24. The molecule has 1 amide bonds. The molecule has 2 aromatic rings. The van der Waals surface area contributed by atoms with E-state index in [1.54, 1.807) is 18.2 Å². The quantitative estimate of drug-likeness (QED) is 0.838. The molecule has 0 aromatic heterocycles. The van der Waals surface area contributed by atoms with Crippen molar-refractivity contribution >= 4 is 28.9 Å². The maximum absolute atomic E-state index is 12.1. The summed E-state index contributed by atoms with van der Waals surface area (Å²) < 4.78 is 0. The largest absolute Gasteiger partial charge is 0.398 e. The Kier molecular flexibility index (Phi) is 4.07. The van der Waals surface area contributed by atoms with E-state index in [1.165, 1.54) is 5.56 Å². The maximum Gasteiger partial charge on any atom is 0.257 e. The third kappa shape index (κ3) is 3.26. The van der Waals surface area contributed by atoms with Crippen LogP contribution in [0.3, 0.4) is 0 Å². The fraction of sp³-hybridized carbons (Fsp3) is 0.133. The Balaban J connectivity index is 2.15. The molecule has 0 fully saturated rings. The minimum Gasteiger partial charge on any atom is -0.398 e. The van der Waals surface area contributed by atoms with Gasteiger partial charge in [0.05, 0.1) is 5.56 Å². The number of nitrogens with two attached hydrogens (primary N) is 1. The average Bonchev–Trinajstić information content (AvgIpc) is 2.39. The first-order chi connectivity index (χ1) is 9.10. The number of hydrogen-bond donors (Lipinski definition) is 2. The third-order valence-electron chi connectivity index (χ3n) is 2.88. The van der Waals surface area contributed by atoms with Gasteiger partial charge in [-0.2, -0.15) is 0 Å². The Morgan fingerprint density at radius 1 is 1.21 bits per heavy atom. The summed E-state index contributed by atoms with van der Waals surface area (Å²) in [7, 11) is 0. The van der Waals surface area contributed by atoms with E-state index in [-0.39, 0.29) is 5.91 Å². The molecule has 98 valence electrons. The van der Waals surface area contributed by atoms with Crippen molar-refractivity contribution in [3.8, 4) is 0 Å². The molecular weight excluding hydrogens is 260 g/mol. The summed E-state index contributed by atoms with van der Waals surface area (Å²) in [5.74, 6) is -0.238. The number of benzene rings is 2. The Labute approximate surface area is 117 Å². The highest BCUT2D eigenvalue weighted by molar-refractivity contribution is 6.31. The van der Waals surface area contributed by atoms with Crippen molar-refractivity contribution in [3.63, 3.8) is 0 Å². The average molecular weight is 275 g/mol. The maximum atomic E-state index is 12.1. The van der Waals surface area contributed by atoms with Crippen molar-refractivity contribution in [2.45, 2.75) is 13.3 Å². The van der Waals surface area contributed by atoms with Crippen LogP contribution in [0.5, 0.6) is 0 Å². The predicted molar refractivity (Wildman–Crippen MR) is 79.6 cm³/mol. The molecule has 0 unspecified atom stereocenters. The van der Waals surface area contributed by atoms with Gasteiger partial charge in [-0.1, -0.05) is 30.7 Å². The summed E-state index contributed by atoms with van der Waals surface area (Å²) in [5, 5.41) is 3.32. The number of amides is 1. The van der Waals surface area contributed by atoms with Crippen molar-refractivity contribution in [3.05, 3.63) is 58.6 Å². The van der Waals surface area contributed by atoms with Crippen molar-refractivity contribution < 1.29 is 4.79 Å². The molecule has 2 rings (SSSR count). The molecular formula is C15H15ClN2O. The van der Waals surface area contributed by atoms with Crippen molar-refractivity contribution in [2.24, 2.45) is 0 Å². The zero-order valence-electron chi connectivity index (χ0n) is 10.6. The van der Waals surface area contributed by atoms with Gasteiger partial charge in [-0.25, -0.2) is 0 Å². The summed E-state index contributed by atoms with van der Waals surface area (Å²) in [6.07, 6.45) is 0.971. The Hall–Kier alpha value is -2.00. The number of nitrogens with one attached hydrogen (secondary N) is 1. The summed E-state index contributed by atoms with van der Waals surface area (Å²) in [6, 6.07) is 12.6. The van der Waals surface area contributed by atoms with E-state index in [0.717, 1.165) is 12.1 Å². The zero-order valence-corrected chi connectivity index (χ0v) is 11.4. The van der Waals surface area contributed by atoms with Crippen LogP contribution < -0.4 is 11.1 Å². The second kappa shape index (κ2) is 5.76. The SMILES string of the molecule is CCc1ccc(NC(=O)c2ccc(Cl)cc2N)cc1. The lowest BCUT2D eigenvalue weighted by Gasteiger charge is -2.08. The van der Waals surface area contributed by atoms with Gasteiger partial charge in [0, 0.05) is 16.4 Å². The van der Waals surface area contributed by atoms with E-state index < -0.39 is 0 Å². The monoisotopic (exact) mass is 274 g/mol. The van der Waals surface area contributed by atoms with Gasteiger partial charge >= 0.3 is 0 Å². The van der Waals surface area contributed by atoms with Crippen LogP contribution in [0.2, 0.25) is 5.02 Å². The van der Waals surface area contributed by atoms with Gasteiger partial charge in [0.2, 0.25) is 0 Å². The number of hydrogen-bond acceptors (Lipinski definition) is 2. The van der Waals surface area contributed by atoms with Crippen LogP contribution in [-0.2, 0) is 6.42 Å². The lowest BCUT2D eigenvalue weighted by Crippen LogP contribution is -2.13. The number of anilines is 2. The van der Waals surface area contributed by atoms with Crippen LogP contribution in [0.25, 0.3) is 0 Å². The number of carbonyl (C=O) groups is 1. The van der Waals surface area contributed by atoms with E-state index in [2.05, 4.69) is 12.2 Å². The second-order valence-corrected chi connectivity index (χ2v) is 4.67. The molecule has 0 saturated carbocycles. The van der Waals surface area contributed by atoms with Crippen LogP contribution in [0.4, 0.5) is 11.4 Å². The lowest BCUT2D eigenvalue weighted by atomic mass is 10.1. The standard InChI is InChI=1S/C15H15ClN2O/c1-2-10-3-6-12(7-4-10)18-15(19)13-8-5-11(16)9-14(13)17/h3-9H,2,17H2,1H3,(H,18,19). The normalized spacial score (nSPS) is 10.2. The molecule has 0 aliphatic heterocycles. The molecule has 0 aliphatic carbocycles.